The normalized spacial score (nSPS) is 46.5. The number of esters is 2. The van der Waals surface area contributed by atoms with Crippen LogP contribution >= 0.6 is 0 Å². The second-order valence-electron chi connectivity index (χ2n) is 16.1. The number of carbonyl (C=O) groups excluding carboxylic acids is 2. The van der Waals surface area contributed by atoms with E-state index in [0.717, 1.165) is 19.3 Å². The zero-order valence-electron chi connectivity index (χ0n) is 28.4. The summed E-state index contributed by atoms with van der Waals surface area (Å²) < 4.78 is 12.4. The van der Waals surface area contributed by atoms with Gasteiger partial charge in [-0.2, -0.15) is 19.6 Å². The van der Waals surface area contributed by atoms with Crippen molar-refractivity contribution in [3.8, 4) is 0 Å². The van der Waals surface area contributed by atoms with Crippen LogP contribution in [-0.2, 0) is 48.2 Å². The molecule has 0 aromatic carbocycles. The molecule has 5 aliphatic carbocycles. The number of ether oxygens (including phenoxy) is 2. The standard InChI is InChI=1S/C35H52O12/c1-19(6-9-29(38)39)24-7-8-25-30-26(17-28(33(24,25)5)43-21(3)37)32(4)14-15-35(18-23(32)16-27(30)42-20(2)36)46-44-34(45-47-35)12-10-22(11-13-34)31(40)41/h19,22-28,30H,6-18H2,1-5H3,(H,38,39)(H,40,41)/t19-,22?,23-,24-,25+,26+,27-,28+,30+,32+,33-,34?,35?/m1/s1. The molecule has 1 saturated heterocycles. The molecule has 0 amide bonds. The number of aliphatic carboxylic acids is 2. The first-order valence-corrected chi connectivity index (χ1v) is 17.6. The van der Waals surface area contributed by atoms with Gasteiger partial charge in [0.1, 0.15) is 12.2 Å². The average Bonchev–Trinajstić information content (AvgIpc) is 3.37. The number of hydrogen-bond donors (Lipinski definition) is 2. The second kappa shape index (κ2) is 12.6. The molecule has 5 saturated carbocycles. The fourth-order valence-corrected chi connectivity index (χ4v) is 11.3. The van der Waals surface area contributed by atoms with Crippen molar-refractivity contribution in [2.75, 3.05) is 0 Å². The Balaban J connectivity index is 1.25. The van der Waals surface area contributed by atoms with Gasteiger partial charge in [-0.05, 0) is 86.4 Å². The van der Waals surface area contributed by atoms with E-state index in [1.807, 2.05) is 0 Å². The predicted molar refractivity (Wildman–Crippen MR) is 163 cm³/mol. The lowest BCUT2D eigenvalue weighted by Gasteiger charge is -2.65. The molecule has 10 atom stereocenters. The van der Waals surface area contributed by atoms with E-state index in [1.165, 1.54) is 13.8 Å². The van der Waals surface area contributed by atoms with Gasteiger partial charge in [0.2, 0.25) is 11.6 Å². The van der Waals surface area contributed by atoms with Crippen molar-refractivity contribution >= 4 is 23.9 Å². The first kappa shape index (κ1) is 34.6. The Labute approximate surface area is 276 Å². The molecule has 12 nitrogen and oxygen atoms in total. The van der Waals surface area contributed by atoms with E-state index in [9.17, 15) is 29.4 Å². The van der Waals surface area contributed by atoms with Gasteiger partial charge in [0.25, 0.3) is 0 Å². The van der Waals surface area contributed by atoms with Crippen LogP contribution in [0.4, 0.5) is 0 Å². The summed E-state index contributed by atoms with van der Waals surface area (Å²) in [6.07, 6.45) is 6.29. The van der Waals surface area contributed by atoms with Crippen LogP contribution in [0, 0.1) is 52.3 Å². The SMILES string of the molecule is CC(=O)O[C@H]1C[C@H]2[C@@H]([C@H](OC(C)=O)C[C@@H]3CC4(CC[C@@]32C)OOC2(CCC(C(=O)O)CC2)OO4)[C@@H]2CC[C@H]([C@H](C)CCC(=O)O)[C@@]12C. The van der Waals surface area contributed by atoms with Crippen molar-refractivity contribution in [2.45, 2.75) is 142 Å². The molecular weight excluding hydrogens is 612 g/mol. The highest BCUT2D eigenvalue weighted by molar-refractivity contribution is 5.70. The van der Waals surface area contributed by atoms with Crippen molar-refractivity contribution in [3.63, 3.8) is 0 Å². The van der Waals surface area contributed by atoms with Crippen molar-refractivity contribution < 1.29 is 58.4 Å². The Bertz CT molecular complexity index is 1230. The number of carboxylic acids is 2. The molecule has 1 aliphatic heterocycles. The van der Waals surface area contributed by atoms with Gasteiger partial charge in [-0.3, -0.25) is 19.2 Å². The molecule has 2 N–H and O–H groups in total. The maximum atomic E-state index is 12.6. The minimum atomic E-state index is -1.14. The lowest BCUT2D eigenvalue weighted by molar-refractivity contribution is -0.665. The van der Waals surface area contributed by atoms with Crippen LogP contribution in [0.1, 0.15) is 118 Å². The van der Waals surface area contributed by atoms with Crippen molar-refractivity contribution in [3.05, 3.63) is 0 Å². The molecule has 6 fully saturated rings. The summed E-state index contributed by atoms with van der Waals surface area (Å²) in [6.45, 7) is 9.56. The number of hydrogen-bond acceptors (Lipinski definition) is 10. The van der Waals surface area contributed by atoms with E-state index in [4.69, 9.17) is 29.0 Å². The van der Waals surface area contributed by atoms with Gasteiger partial charge in [0.05, 0.1) is 5.92 Å². The van der Waals surface area contributed by atoms with Gasteiger partial charge >= 0.3 is 23.9 Å². The Hall–Kier alpha value is -2.28. The molecule has 2 spiro atoms. The Kier molecular flexibility index (Phi) is 9.24. The van der Waals surface area contributed by atoms with Gasteiger partial charge in [-0.25, -0.2) is 0 Å². The highest BCUT2D eigenvalue weighted by Crippen LogP contribution is 2.70. The zero-order chi connectivity index (χ0) is 33.9. The third kappa shape index (κ3) is 6.10. The molecule has 0 aromatic heterocycles. The highest BCUT2D eigenvalue weighted by atomic mass is 17.4. The van der Waals surface area contributed by atoms with Gasteiger partial charge in [0, 0.05) is 57.3 Å². The van der Waals surface area contributed by atoms with E-state index < -0.39 is 29.4 Å². The fraction of sp³-hybridized carbons (Fsp3) is 0.886. The Morgan fingerprint density at radius 2 is 1.45 bits per heavy atom. The molecule has 264 valence electrons. The molecule has 47 heavy (non-hydrogen) atoms. The summed E-state index contributed by atoms with van der Waals surface area (Å²) in [5.74, 6) is -4.35. The average molecular weight is 665 g/mol. The van der Waals surface area contributed by atoms with Crippen molar-refractivity contribution in [1.29, 1.82) is 0 Å². The largest absolute Gasteiger partial charge is 0.481 e. The van der Waals surface area contributed by atoms with E-state index in [0.29, 0.717) is 57.8 Å². The molecule has 0 aromatic rings. The summed E-state index contributed by atoms with van der Waals surface area (Å²) in [5, 5.41) is 18.8. The maximum absolute atomic E-state index is 12.6. The van der Waals surface area contributed by atoms with Crippen molar-refractivity contribution in [1.82, 2.24) is 0 Å². The molecule has 6 rings (SSSR count). The zero-order valence-corrected chi connectivity index (χ0v) is 28.4. The summed E-state index contributed by atoms with van der Waals surface area (Å²) >= 11 is 0. The van der Waals surface area contributed by atoms with Crippen LogP contribution in [0.3, 0.4) is 0 Å². The Morgan fingerprint density at radius 1 is 0.809 bits per heavy atom. The molecule has 0 radical (unpaired) electrons. The number of fused-ring (bicyclic) bond motifs is 5. The molecule has 12 heteroatoms. The number of rotatable bonds is 7. The van der Waals surface area contributed by atoms with Gasteiger partial charge in [-0.1, -0.05) is 20.8 Å². The summed E-state index contributed by atoms with van der Waals surface area (Å²) in [7, 11) is 0. The monoisotopic (exact) mass is 664 g/mol. The predicted octanol–water partition coefficient (Wildman–Crippen LogP) is 5.81. The molecule has 1 heterocycles. The van der Waals surface area contributed by atoms with Gasteiger partial charge < -0.3 is 19.7 Å². The van der Waals surface area contributed by atoms with Crippen LogP contribution in [0.2, 0.25) is 0 Å². The maximum Gasteiger partial charge on any atom is 0.306 e. The molecule has 0 unspecified atom stereocenters. The third-order valence-corrected chi connectivity index (χ3v) is 13.7. The van der Waals surface area contributed by atoms with Crippen LogP contribution in [-0.4, -0.2) is 57.9 Å². The van der Waals surface area contributed by atoms with Crippen molar-refractivity contribution in [2.24, 2.45) is 52.3 Å². The van der Waals surface area contributed by atoms with Crippen LogP contribution in [0.25, 0.3) is 0 Å². The minimum Gasteiger partial charge on any atom is -0.481 e. The van der Waals surface area contributed by atoms with E-state index in [1.54, 1.807) is 0 Å². The van der Waals surface area contributed by atoms with E-state index in [-0.39, 0.29) is 76.9 Å². The van der Waals surface area contributed by atoms with E-state index in [2.05, 4.69) is 20.8 Å². The third-order valence-electron chi connectivity index (χ3n) is 13.7. The summed E-state index contributed by atoms with van der Waals surface area (Å²) in [4.78, 5) is 72.0. The molecular formula is C35H52O12. The number of carboxylic acid groups (broad SMARTS) is 2. The van der Waals surface area contributed by atoms with Gasteiger partial charge in [-0.15, -0.1) is 0 Å². The summed E-state index contributed by atoms with van der Waals surface area (Å²) in [6, 6.07) is 0. The second-order valence-corrected chi connectivity index (χ2v) is 16.1. The smallest absolute Gasteiger partial charge is 0.306 e. The molecule has 0 bridgehead atoms. The number of carbonyl (C=O) groups is 4. The van der Waals surface area contributed by atoms with Crippen LogP contribution < -0.4 is 0 Å². The first-order valence-electron chi connectivity index (χ1n) is 17.6. The first-order chi connectivity index (χ1) is 22.1. The minimum absolute atomic E-state index is 0.0277. The Morgan fingerprint density at radius 3 is 2.04 bits per heavy atom. The topological polar surface area (TPSA) is 164 Å². The van der Waals surface area contributed by atoms with Crippen LogP contribution in [0.5, 0.6) is 0 Å². The lowest BCUT2D eigenvalue weighted by atomic mass is 9.42. The quantitative estimate of drug-likeness (QED) is 0.248. The lowest BCUT2D eigenvalue weighted by Crippen LogP contribution is -2.65. The van der Waals surface area contributed by atoms with Crippen LogP contribution in [0.15, 0.2) is 0 Å². The molecule has 6 aliphatic rings. The fourth-order valence-electron chi connectivity index (χ4n) is 11.3. The summed E-state index contributed by atoms with van der Waals surface area (Å²) in [5.41, 5.74) is -0.575. The van der Waals surface area contributed by atoms with Gasteiger partial charge in [0.15, 0.2) is 0 Å². The highest BCUT2D eigenvalue weighted by Gasteiger charge is 2.69. The van der Waals surface area contributed by atoms with E-state index >= 15 is 0 Å².